The fraction of sp³-hybridized carbons (Fsp3) is 0.375. The first kappa shape index (κ1) is 13.8. The van der Waals surface area contributed by atoms with Gasteiger partial charge >= 0.3 is 5.63 Å². The maximum atomic E-state index is 12.6. The van der Waals surface area contributed by atoms with Gasteiger partial charge in [0.2, 0.25) is 0 Å². The lowest BCUT2D eigenvalue weighted by atomic mass is 10.1. The Hall–Kier alpha value is -2.14. The maximum absolute atomic E-state index is 12.6. The summed E-state index contributed by atoms with van der Waals surface area (Å²) in [5.41, 5.74) is -0.0248. The van der Waals surface area contributed by atoms with Gasteiger partial charge in [0.1, 0.15) is 11.1 Å². The Kier molecular flexibility index (Phi) is 3.51. The van der Waals surface area contributed by atoms with Crippen molar-refractivity contribution in [3.05, 3.63) is 46.3 Å². The van der Waals surface area contributed by atoms with Crippen LogP contribution in [0.25, 0.3) is 11.0 Å². The number of hydrogen-bond donors (Lipinski definition) is 0. The Bertz CT molecular complexity index is 726. The van der Waals surface area contributed by atoms with Gasteiger partial charge in [-0.2, -0.15) is 0 Å². The van der Waals surface area contributed by atoms with E-state index >= 15 is 0 Å². The van der Waals surface area contributed by atoms with Crippen LogP contribution in [0.4, 0.5) is 0 Å². The van der Waals surface area contributed by atoms with Crippen LogP contribution < -0.4 is 5.63 Å². The fourth-order valence-corrected chi connectivity index (χ4v) is 2.73. The number of rotatable bonds is 1. The SMILES string of the molecule is C[C@@H]1CN(C(=O)c2cc3ccccc3oc2=O)C[C@@H](C)O1. The molecule has 0 aliphatic carbocycles. The van der Waals surface area contributed by atoms with Gasteiger partial charge in [-0.3, -0.25) is 4.79 Å². The normalized spacial score (nSPS) is 22.5. The standard InChI is InChI=1S/C16H17NO4/c1-10-8-17(9-11(2)20-10)15(18)13-7-12-5-3-4-6-14(12)21-16(13)19/h3-7,10-11H,8-9H2,1-2H3/t10-,11-/m1/s1. The average molecular weight is 287 g/mol. The molecule has 2 atom stereocenters. The molecule has 1 aromatic carbocycles. The van der Waals surface area contributed by atoms with Gasteiger partial charge in [-0.05, 0) is 26.0 Å². The van der Waals surface area contributed by atoms with E-state index in [1.807, 2.05) is 26.0 Å². The molecule has 0 bridgehead atoms. The highest BCUT2D eigenvalue weighted by molar-refractivity contribution is 5.96. The summed E-state index contributed by atoms with van der Waals surface area (Å²) in [6.07, 6.45) is -0.0737. The molecule has 0 spiro atoms. The van der Waals surface area contributed by atoms with Crippen LogP contribution in [0.15, 0.2) is 39.5 Å². The van der Waals surface area contributed by atoms with Crippen molar-refractivity contribution in [3.8, 4) is 0 Å². The maximum Gasteiger partial charge on any atom is 0.349 e. The quantitative estimate of drug-likeness (QED) is 0.753. The molecular weight excluding hydrogens is 270 g/mol. The number of nitrogens with zero attached hydrogens (tertiary/aromatic N) is 1. The highest BCUT2D eigenvalue weighted by Gasteiger charge is 2.28. The van der Waals surface area contributed by atoms with Crippen molar-refractivity contribution >= 4 is 16.9 Å². The molecule has 110 valence electrons. The molecule has 1 aliphatic rings. The van der Waals surface area contributed by atoms with Crippen LogP contribution in [-0.2, 0) is 4.74 Å². The largest absolute Gasteiger partial charge is 0.422 e. The van der Waals surface area contributed by atoms with Crippen LogP contribution in [0, 0.1) is 0 Å². The van der Waals surface area contributed by atoms with Gasteiger partial charge in [0.05, 0.1) is 12.2 Å². The Morgan fingerprint density at radius 2 is 1.86 bits per heavy atom. The smallest absolute Gasteiger partial charge is 0.349 e. The first-order valence-corrected chi connectivity index (χ1v) is 7.02. The zero-order chi connectivity index (χ0) is 15.0. The molecule has 2 aromatic rings. The van der Waals surface area contributed by atoms with E-state index in [4.69, 9.17) is 9.15 Å². The van der Waals surface area contributed by atoms with Gasteiger partial charge < -0.3 is 14.1 Å². The summed E-state index contributed by atoms with van der Waals surface area (Å²) in [4.78, 5) is 26.3. The van der Waals surface area contributed by atoms with Gasteiger partial charge in [0.25, 0.3) is 5.91 Å². The lowest BCUT2D eigenvalue weighted by Crippen LogP contribution is -2.49. The first-order valence-electron chi connectivity index (χ1n) is 7.02. The molecule has 1 aliphatic heterocycles. The van der Waals surface area contributed by atoms with Crippen LogP contribution in [-0.4, -0.2) is 36.1 Å². The molecular formula is C16H17NO4. The van der Waals surface area contributed by atoms with Crippen molar-refractivity contribution in [2.45, 2.75) is 26.1 Å². The Morgan fingerprint density at radius 1 is 1.19 bits per heavy atom. The number of hydrogen-bond acceptors (Lipinski definition) is 4. The fourth-order valence-electron chi connectivity index (χ4n) is 2.73. The van der Waals surface area contributed by atoms with Gasteiger partial charge in [0.15, 0.2) is 0 Å². The van der Waals surface area contributed by atoms with Crippen molar-refractivity contribution in [3.63, 3.8) is 0 Å². The summed E-state index contributed by atoms with van der Waals surface area (Å²) in [5, 5.41) is 0.745. The number of carbonyl (C=O) groups excluding carboxylic acids is 1. The molecule has 0 saturated carbocycles. The molecule has 1 saturated heterocycles. The predicted octanol–water partition coefficient (Wildman–Crippen LogP) is 2.04. The number of para-hydroxylation sites is 1. The van der Waals surface area contributed by atoms with Crippen LogP contribution in [0.2, 0.25) is 0 Å². The summed E-state index contributed by atoms with van der Waals surface area (Å²) in [7, 11) is 0. The zero-order valence-corrected chi connectivity index (χ0v) is 12.0. The minimum Gasteiger partial charge on any atom is -0.422 e. The first-order chi connectivity index (χ1) is 10.0. The summed E-state index contributed by atoms with van der Waals surface area (Å²) in [6, 6.07) is 8.77. The Morgan fingerprint density at radius 3 is 2.57 bits per heavy atom. The summed E-state index contributed by atoms with van der Waals surface area (Å²) in [5.74, 6) is -0.295. The zero-order valence-electron chi connectivity index (χ0n) is 12.0. The van der Waals surface area contributed by atoms with Gasteiger partial charge in [0, 0.05) is 18.5 Å². The van der Waals surface area contributed by atoms with Crippen LogP contribution in [0.5, 0.6) is 0 Å². The molecule has 0 unspecified atom stereocenters. The second-order valence-corrected chi connectivity index (χ2v) is 5.45. The number of benzene rings is 1. The topological polar surface area (TPSA) is 59.8 Å². The summed E-state index contributed by atoms with van der Waals surface area (Å²) in [6.45, 7) is 4.79. The average Bonchev–Trinajstić information content (AvgIpc) is 2.44. The van der Waals surface area contributed by atoms with Crippen molar-refractivity contribution in [1.29, 1.82) is 0 Å². The number of fused-ring (bicyclic) bond motifs is 1. The lowest BCUT2D eigenvalue weighted by Gasteiger charge is -2.35. The number of ether oxygens (including phenoxy) is 1. The van der Waals surface area contributed by atoms with Crippen molar-refractivity contribution in [2.75, 3.05) is 13.1 Å². The van der Waals surface area contributed by atoms with E-state index in [1.165, 1.54) is 0 Å². The van der Waals surface area contributed by atoms with E-state index in [-0.39, 0.29) is 23.7 Å². The van der Waals surface area contributed by atoms with E-state index in [0.717, 1.165) is 5.39 Å². The molecule has 3 rings (SSSR count). The van der Waals surface area contributed by atoms with Crippen LogP contribution in [0.3, 0.4) is 0 Å². The van der Waals surface area contributed by atoms with Crippen molar-refractivity contribution < 1.29 is 13.9 Å². The van der Waals surface area contributed by atoms with E-state index in [9.17, 15) is 9.59 Å². The lowest BCUT2D eigenvalue weighted by molar-refractivity contribution is -0.0587. The van der Waals surface area contributed by atoms with E-state index in [0.29, 0.717) is 18.7 Å². The minimum atomic E-state index is -0.592. The third-order valence-electron chi connectivity index (χ3n) is 3.58. The summed E-state index contributed by atoms with van der Waals surface area (Å²) >= 11 is 0. The molecule has 1 amide bonds. The third kappa shape index (κ3) is 2.69. The minimum absolute atomic E-state index is 0.0369. The van der Waals surface area contributed by atoms with E-state index < -0.39 is 5.63 Å². The monoisotopic (exact) mass is 287 g/mol. The van der Waals surface area contributed by atoms with Gasteiger partial charge in [-0.1, -0.05) is 18.2 Å². The molecule has 1 aromatic heterocycles. The summed E-state index contributed by atoms with van der Waals surface area (Å²) < 4.78 is 10.8. The predicted molar refractivity (Wildman–Crippen MR) is 78.4 cm³/mol. The molecule has 1 fully saturated rings. The highest BCUT2D eigenvalue weighted by Crippen LogP contribution is 2.16. The Balaban J connectivity index is 1.97. The Labute approximate surface area is 122 Å². The van der Waals surface area contributed by atoms with Gasteiger partial charge in [-0.15, -0.1) is 0 Å². The molecule has 0 N–H and O–H groups in total. The highest BCUT2D eigenvalue weighted by atomic mass is 16.5. The second kappa shape index (κ2) is 5.33. The van der Waals surface area contributed by atoms with Crippen LogP contribution in [0.1, 0.15) is 24.2 Å². The second-order valence-electron chi connectivity index (χ2n) is 5.45. The molecule has 21 heavy (non-hydrogen) atoms. The van der Waals surface area contributed by atoms with E-state index in [2.05, 4.69) is 0 Å². The van der Waals surface area contributed by atoms with Crippen LogP contribution >= 0.6 is 0 Å². The van der Waals surface area contributed by atoms with Crippen molar-refractivity contribution in [1.82, 2.24) is 4.90 Å². The number of morpholine rings is 1. The number of amides is 1. The van der Waals surface area contributed by atoms with E-state index in [1.54, 1.807) is 23.1 Å². The number of carbonyl (C=O) groups is 1. The molecule has 2 heterocycles. The molecule has 5 nitrogen and oxygen atoms in total. The van der Waals surface area contributed by atoms with Gasteiger partial charge in [-0.25, -0.2) is 4.79 Å². The third-order valence-corrected chi connectivity index (χ3v) is 3.58. The molecule has 0 radical (unpaired) electrons. The van der Waals surface area contributed by atoms with Crippen molar-refractivity contribution in [2.24, 2.45) is 0 Å². The molecule has 5 heteroatoms.